The van der Waals surface area contributed by atoms with Crippen molar-refractivity contribution in [2.24, 2.45) is 0 Å². The molecule has 1 aliphatic heterocycles. The Hall–Kier alpha value is -3.84. The van der Waals surface area contributed by atoms with Gasteiger partial charge in [-0.25, -0.2) is 9.59 Å². The molecule has 0 saturated heterocycles. The number of carboxylic acids is 1. The first kappa shape index (κ1) is 27.2. The lowest BCUT2D eigenvalue weighted by molar-refractivity contribution is -0.143. The summed E-state index contributed by atoms with van der Waals surface area (Å²) >= 11 is 6.04. The Kier molecular flexibility index (Phi) is 7.78. The molecule has 0 amide bonds. The van der Waals surface area contributed by atoms with Crippen LogP contribution in [0, 0.1) is 6.92 Å². The van der Waals surface area contributed by atoms with Crippen LogP contribution in [-0.2, 0) is 14.3 Å². The minimum Gasteiger partial charge on any atom is -0.478 e. The maximum atomic E-state index is 13.5. The summed E-state index contributed by atoms with van der Waals surface area (Å²) in [4.78, 5) is 41.5. The Labute approximate surface area is 226 Å². The van der Waals surface area contributed by atoms with Crippen LogP contribution < -0.4 is 5.43 Å². The number of benzene rings is 2. The molecule has 1 aromatic heterocycles. The molecule has 0 fully saturated rings. The molecule has 1 atom stereocenters. The van der Waals surface area contributed by atoms with E-state index in [0.29, 0.717) is 45.8 Å². The zero-order valence-electron chi connectivity index (χ0n) is 22.0. The highest BCUT2D eigenvalue weighted by atomic mass is 35.5. The smallest absolute Gasteiger partial charge is 0.337 e. The van der Waals surface area contributed by atoms with E-state index in [1.807, 2.05) is 30.3 Å². The summed E-state index contributed by atoms with van der Waals surface area (Å²) in [6.45, 7) is 8.91. The molecule has 2 aromatic carbocycles. The van der Waals surface area contributed by atoms with Gasteiger partial charge in [-0.1, -0.05) is 42.5 Å². The van der Waals surface area contributed by atoms with Gasteiger partial charge in [0.2, 0.25) is 0 Å². The standard InChI is InChI=1S/C30H30ClNO6/c1-16(2)37-30(36)24-19(5)32(15-14-31)18(4)23(29(34)35)25(24)21-12-9-13-22-26(33)17(3)27(38-28(21)22)20-10-7-6-8-11-20/h6-13,16,25H,14-15H2,1-5H3,(H,34,35). The molecular weight excluding hydrogens is 506 g/mol. The highest BCUT2D eigenvalue weighted by Gasteiger charge is 2.41. The van der Waals surface area contributed by atoms with Gasteiger partial charge in [0.25, 0.3) is 0 Å². The van der Waals surface area contributed by atoms with Gasteiger partial charge in [0.1, 0.15) is 11.3 Å². The summed E-state index contributed by atoms with van der Waals surface area (Å²) in [7, 11) is 0. The maximum absolute atomic E-state index is 13.5. The fourth-order valence-corrected chi connectivity index (χ4v) is 5.25. The number of nitrogens with zero attached hydrogens (tertiary/aromatic N) is 1. The predicted octanol–water partition coefficient (Wildman–Crippen LogP) is 5.99. The van der Waals surface area contributed by atoms with Gasteiger partial charge < -0.3 is 19.2 Å². The van der Waals surface area contributed by atoms with Crippen LogP contribution in [0.15, 0.2) is 80.3 Å². The van der Waals surface area contributed by atoms with E-state index in [1.165, 1.54) is 0 Å². The zero-order valence-corrected chi connectivity index (χ0v) is 22.8. The highest BCUT2D eigenvalue weighted by molar-refractivity contribution is 6.18. The minimum absolute atomic E-state index is 0.00610. The lowest BCUT2D eigenvalue weighted by atomic mass is 9.79. The van der Waals surface area contributed by atoms with Crippen molar-refractivity contribution >= 4 is 34.5 Å². The first-order valence-corrected chi connectivity index (χ1v) is 12.9. The van der Waals surface area contributed by atoms with Gasteiger partial charge in [-0.2, -0.15) is 0 Å². The van der Waals surface area contributed by atoms with Crippen molar-refractivity contribution in [2.45, 2.75) is 46.6 Å². The lowest BCUT2D eigenvalue weighted by Crippen LogP contribution is -2.36. The van der Waals surface area contributed by atoms with Gasteiger partial charge in [-0.3, -0.25) is 4.79 Å². The Morgan fingerprint density at radius 2 is 1.68 bits per heavy atom. The monoisotopic (exact) mass is 535 g/mol. The molecule has 0 radical (unpaired) electrons. The third-order valence-corrected chi connectivity index (χ3v) is 6.96. The second kappa shape index (κ2) is 10.9. The predicted molar refractivity (Wildman–Crippen MR) is 147 cm³/mol. The summed E-state index contributed by atoms with van der Waals surface area (Å²) in [5.74, 6) is -2.25. The van der Waals surface area contributed by atoms with E-state index in [0.717, 1.165) is 0 Å². The van der Waals surface area contributed by atoms with Crippen LogP contribution in [0.25, 0.3) is 22.3 Å². The average Bonchev–Trinajstić information content (AvgIpc) is 2.87. The van der Waals surface area contributed by atoms with Crippen LogP contribution in [-0.4, -0.2) is 40.5 Å². The van der Waals surface area contributed by atoms with Gasteiger partial charge >= 0.3 is 11.9 Å². The van der Waals surface area contributed by atoms with Crippen LogP contribution in [0.2, 0.25) is 0 Å². The van der Waals surface area contributed by atoms with Crippen LogP contribution >= 0.6 is 11.6 Å². The zero-order chi connectivity index (χ0) is 27.7. The number of carbonyl (C=O) groups is 2. The van der Waals surface area contributed by atoms with Crippen LogP contribution in [0.1, 0.15) is 44.7 Å². The molecule has 38 heavy (non-hydrogen) atoms. The van der Waals surface area contributed by atoms with Gasteiger partial charge in [0, 0.05) is 40.5 Å². The third kappa shape index (κ3) is 4.74. The second-order valence-corrected chi connectivity index (χ2v) is 9.88. The van der Waals surface area contributed by atoms with Gasteiger partial charge in [0.15, 0.2) is 5.43 Å². The maximum Gasteiger partial charge on any atom is 0.337 e. The lowest BCUT2D eigenvalue weighted by Gasteiger charge is -2.37. The molecule has 4 rings (SSSR count). The number of hydrogen-bond donors (Lipinski definition) is 1. The topological polar surface area (TPSA) is 97.0 Å². The molecule has 0 bridgehead atoms. The molecule has 1 unspecified atom stereocenters. The first-order chi connectivity index (χ1) is 18.1. The summed E-state index contributed by atoms with van der Waals surface area (Å²) in [6.07, 6.45) is -0.428. The van der Waals surface area contributed by atoms with Crippen molar-refractivity contribution < 1.29 is 23.8 Å². The summed E-state index contributed by atoms with van der Waals surface area (Å²) < 4.78 is 12.0. The Morgan fingerprint density at radius 3 is 2.29 bits per heavy atom. The molecule has 198 valence electrons. The van der Waals surface area contributed by atoms with E-state index in [9.17, 15) is 19.5 Å². The van der Waals surface area contributed by atoms with Crippen molar-refractivity contribution in [3.8, 4) is 11.3 Å². The number of esters is 1. The molecule has 1 aliphatic rings. The fraction of sp³-hybridized carbons (Fsp3) is 0.300. The van der Waals surface area contributed by atoms with Gasteiger partial charge in [0.05, 0.1) is 28.6 Å². The fourth-order valence-electron chi connectivity index (χ4n) is 5.08. The van der Waals surface area contributed by atoms with Crippen LogP contribution in [0.5, 0.6) is 0 Å². The molecule has 0 saturated carbocycles. The van der Waals surface area contributed by atoms with Crippen molar-refractivity contribution in [3.63, 3.8) is 0 Å². The average molecular weight is 536 g/mol. The van der Waals surface area contributed by atoms with E-state index in [2.05, 4.69) is 0 Å². The quantitative estimate of drug-likeness (QED) is 0.293. The summed E-state index contributed by atoms with van der Waals surface area (Å²) in [6, 6.07) is 14.3. The number of ether oxygens (including phenoxy) is 1. The van der Waals surface area contributed by atoms with Gasteiger partial charge in [-0.05, 0) is 40.7 Å². The molecule has 0 aliphatic carbocycles. The minimum atomic E-state index is -1.19. The first-order valence-electron chi connectivity index (χ1n) is 12.4. The SMILES string of the molecule is CC1=C(C(=O)O)C(c2cccc3c(=O)c(C)c(-c4ccccc4)oc23)C(C(=O)OC(C)C)=C(C)N1CCCl. The number of allylic oxidation sites excluding steroid dienone is 2. The van der Waals surface area contributed by atoms with Crippen LogP contribution in [0.3, 0.4) is 0 Å². The third-order valence-electron chi connectivity index (χ3n) is 6.79. The van der Waals surface area contributed by atoms with E-state index in [-0.39, 0.29) is 28.0 Å². The van der Waals surface area contributed by atoms with Gasteiger partial charge in [-0.15, -0.1) is 11.6 Å². The van der Waals surface area contributed by atoms with E-state index >= 15 is 0 Å². The largest absolute Gasteiger partial charge is 0.478 e. The number of alkyl halides is 1. The second-order valence-electron chi connectivity index (χ2n) is 9.51. The van der Waals surface area contributed by atoms with E-state index < -0.39 is 24.0 Å². The van der Waals surface area contributed by atoms with Crippen molar-refractivity contribution in [1.82, 2.24) is 4.90 Å². The number of hydrogen-bond acceptors (Lipinski definition) is 6. The Balaban J connectivity index is 2.09. The number of halogens is 1. The van der Waals surface area contributed by atoms with E-state index in [4.69, 9.17) is 20.8 Å². The Bertz CT molecular complexity index is 1530. The molecule has 2 heterocycles. The van der Waals surface area contributed by atoms with Crippen molar-refractivity contribution in [1.29, 1.82) is 0 Å². The van der Waals surface area contributed by atoms with Crippen molar-refractivity contribution in [2.75, 3.05) is 12.4 Å². The summed E-state index contributed by atoms with van der Waals surface area (Å²) in [5, 5.41) is 10.7. The molecule has 1 N–H and O–H groups in total. The number of para-hydroxylation sites is 1. The summed E-state index contributed by atoms with van der Waals surface area (Å²) in [5.41, 5.74) is 2.71. The molecule has 0 spiro atoms. The highest BCUT2D eigenvalue weighted by Crippen LogP contribution is 2.45. The molecule has 7 nitrogen and oxygen atoms in total. The molecule has 3 aromatic rings. The number of carboxylic acid groups (broad SMARTS) is 1. The number of fused-ring (bicyclic) bond motifs is 1. The van der Waals surface area contributed by atoms with E-state index in [1.54, 1.807) is 57.7 Å². The Morgan fingerprint density at radius 1 is 1.03 bits per heavy atom. The molecule has 8 heteroatoms. The number of aliphatic carboxylic acids is 1. The molecular formula is C30H30ClNO6. The number of carbonyl (C=O) groups excluding carboxylic acids is 1. The normalized spacial score (nSPS) is 16.0. The number of rotatable bonds is 7. The van der Waals surface area contributed by atoms with Crippen LogP contribution in [0.4, 0.5) is 0 Å². The van der Waals surface area contributed by atoms with Crippen molar-refractivity contribution in [3.05, 3.63) is 92.4 Å².